The topological polar surface area (TPSA) is 50.8 Å². The van der Waals surface area contributed by atoms with Gasteiger partial charge in [0, 0.05) is 24.4 Å². The number of nitrogens with one attached hydrogen (secondary N) is 1. The molecule has 0 saturated carbocycles. The molecule has 0 radical (unpaired) electrons. The summed E-state index contributed by atoms with van der Waals surface area (Å²) in [7, 11) is 0. The van der Waals surface area contributed by atoms with Crippen LogP contribution in [0.15, 0.2) is 48.5 Å². The van der Waals surface area contributed by atoms with E-state index in [4.69, 9.17) is 21.7 Å². The minimum absolute atomic E-state index is 0.222. The standard InChI is InChI=1S/C20H22N2O3S/c1-2-24-13-14-25-17-9-7-16(8-10-17)19(23)21-20(26)22-12-11-15-5-3-4-6-18(15)22/h3-10H,2,11-14H2,1H3,(H,21,23,26). The van der Waals surface area contributed by atoms with Crippen LogP contribution in [0, 0.1) is 0 Å². The molecule has 0 aromatic heterocycles. The number of ether oxygens (including phenoxy) is 2. The van der Waals surface area contributed by atoms with Crippen molar-refractivity contribution >= 4 is 28.9 Å². The van der Waals surface area contributed by atoms with E-state index in [1.165, 1.54) is 5.56 Å². The summed E-state index contributed by atoms with van der Waals surface area (Å²) in [5, 5.41) is 3.24. The van der Waals surface area contributed by atoms with E-state index in [1.54, 1.807) is 24.3 Å². The molecule has 0 fully saturated rings. The second-order valence-corrected chi connectivity index (χ2v) is 6.25. The Labute approximate surface area is 158 Å². The number of hydrogen-bond donors (Lipinski definition) is 1. The highest BCUT2D eigenvalue weighted by Crippen LogP contribution is 2.27. The summed E-state index contributed by atoms with van der Waals surface area (Å²) in [5.74, 6) is 0.484. The van der Waals surface area contributed by atoms with Crippen LogP contribution < -0.4 is 15.0 Å². The summed E-state index contributed by atoms with van der Waals surface area (Å²) in [6, 6.07) is 15.1. The fraction of sp³-hybridized carbons (Fsp3) is 0.300. The first-order valence-corrected chi connectivity index (χ1v) is 9.11. The molecule has 6 heteroatoms. The lowest BCUT2D eigenvalue weighted by Crippen LogP contribution is -2.41. The first-order valence-electron chi connectivity index (χ1n) is 8.70. The predicted octanol–water partition coefficient (Wildman–Crippen LogP) is 3.18. The van der Waals surface area contributed by atoms with E-state index >= 15 is 0 Å². The molecule has 0 bridgehead atoms. The molecule has 136 valence electrons. The van der Waals surface area contributed by atoms with E-state index in [-0.39, 0.29) is 5.91 Å². The van der Waals surface area contributed by atoms with Crippen molar-refractivity contribution in [1.82, 2.24) is 5.32 Å². The zero-order chi connectivity index (χ0) is 18.4. The molecule has 0 atom stereocenters. The Kier molecular flexibility index (Phi) is 6.20. The summed E-state index contributed by atoms with van der Waals surface area (Å²) in [5.41, 5.74) is 2.85. The molecule has 3 rings (SSSR count). The first kappa shape index (κ1) is 18.4. The fourth-order valence-corrected chi connectivity index (χ4v) is 3.13. The minimum Gasteiger partial charge on any atom is -0.491 e. The maximum Gasteiger partial charge on any atom is 0.257 e. The van der Waals surface area contributed by atoms with E-state index in [2.05, 4.69) is 11.4 Å². The number of amides is 1. The number of fused-ring (bicyclic) bond motifs is 1. The number of carbonyl (C=O) groups is 1. The van der Waals surface area contributed by atoms with Crippen LogP contribution in [-0.2, 0) is 11.2 Å². The molecule has 1 N–H and O–H groups in total. The maximum absolute atomic E-state index is 12.4. The molecule has 1 amide bonds. The lowest BCUT2D eigenvalue weighted by Gasteiger charge is -2.20. The molecule has 2 aromatic rings. The summed E-state index contributed by atoms with van der Waals surface area (Å²) < 4.78 is 10.8. The molecule has 1 heterocycles. The molecule has 0 saturated heterocycles. The third-order valence-electron chi connectivity index (χ3n) is 4.17. The van der Waals surface area contributed by atoms with Crippen LogP contribution in [0.3, 0.4) is 0 Å². The molecule has 26 heavy (non-hydrogen) atoms. The molecule has 1 aliphatic rings. The van der Waals surface area contributed by atoms with Crippen molar-refractivity contribution in [3.63, 3.8) is 0 Å². The van der Waals surface area contributed by atoms with Crippen LogP contribution in [0.1, 0.15) is 22.8 Å². The predicted molar refractivity (Wildman–Crippen MR) is 106 cm³/mol. The van der Waals surface area contributed by atoms with Crippen molar-refractivity contribution in [2.75, 3.05) is 31.3 Å². The van der Waals surface area contributed by atoms with E-state index in [1.807, 2.05) is 30.0 Å². The van der Waals surface area contributed by atoms with Crippen molar-refractivity contribution < 1.29 is 14.3 Å². The summed E-state index contributed by atoms with van der Waals surface area (Å²) in [6.07, 6.45) is 0.931. The number of thiocarbonyl (C=S) groups is 1. The molecule has 5 nitrogen and oxygen atoms in total. The number of nitrogens with zero attached hydrogens (tertiary/aromatic N) is 1. The highest BCUT2D eigenvalue weighted by atomic mass is 32.1. The van der Waals surface area contributed by atoms with Gasteiger partial charge in [-0.15, -0.1) is 0 Å². The van der Waals surface area contributed by atoms with Gasteiger partial charge in [-0.3, -0.25) is 10.1 Å². The Morgan fingerprint density at radius 2 is 1.92 bits per heavy atom. The zero-order valence-corrected chi connectivity index (χ0v) is 15.6. The molecule has 2 aromatic carbocycles. The van der Waals surface area contributed by atoms with E-state index in [9.17, 15) is 4.79 Å². The number of benzene rings is 2. The minimum atomic E-state index is -0.222. The average Bonchev–Trinajstić information content (AvgIpc) is 3.10. The Balaban J connectivity index is 1.56. The van der Waals surface area contributed by atoms with E-state index in [0.717, 1.165) is 18.7 Å². The number of hydrogen-bond acceptors (Lipinski definition) is 4. The summed E-state index contributed by atoms with van der Waals surface area (Å²) in [4.78, 5) is 14.4. The fourth-order valence-electron chi connectivity index (χ4n) is 2.85. The van der Waals surface area contributed by atoms with Gasteiger partial charge in [0.25, 0.3) is 5.91 Å². The number of para-hydroxylation sites is 1. The van der Waals surface area contributed by atoms with Gasteiger partial charge in [0.2, 0.25) is 0 Å². The molecule has 0 aliphatic carbocycles. The van der Waals surface area contributed by atoms with Crippen LogP contribution in [-0.4, -0.2) is 37.4 Å². The lowest BCUT2D eigenvalue weighted by atomic mass is 10.2. The molecule has 0 unspecified atom stereocenters. The second-order valence-electron chi connectivity index (χ2n) is 5.86. The van der Waals surface area contributed by atoms with Gasteiger partial charge in [-0.25, -0.2) is 0 Å². The third-order valence-corrected chi connectivity index (χ3v) is 4.49. The van der Waals surface area contributed by atoms with Gasteiger partial charge in [-0.2, -0.15) is 0 Å². The Hall–Kier alpha value is -2.44. The quantitative estimate of drug-likeness (QED) is 0.625. The highest BCUT2D eigenvalue weighted by molar-refractivity contribution is 7.80. The van der Waals surface area contributed by atoms with Crippen LogP contribution in [0.5, 0.6) is 5.75 Å². The van der Waals surface area contributed by atoms with Crippen LogP contribution in [0.4, 0.5) is 5.69 Å². The van der Waals surface area contributed by atoms with Crippen molar-refractivity contribution in [3.05, 3.63) is 59.7 Å². The maximum atomic E-state index is 12.4. The number of carbonyl (C=O) groups excluding carboxylic acids is 1. The van der Waals surface area contributed by atoms with Gasteiger partial charge in [0.15, 0.2) is 5.11 Å². The molecule has 0 spiro atoms. The second kappa shape index (κ2) is 8.78. The largest absolute Gasteiger partial charge is 0.491 e. The smallest absolute Gasteiger partial charge is 0.257 e. The zero-order valence-electron chi connectivity index (χ0n) is 14.7. The van der Waals surface area contributed by atoms with E-state index in [0.29, 0.717) is 36.2 Å². The van der Waals surface area contributed by atoms with Crippen molar-refractivity contribution in [1.29, 1.82) is 0 Å². The summed E-state index contributed by atoms with van der Waals surface area (Å²) in [6.45, 7) is 4.43. The monoisotopic (exact) mass is 370 g/mol. The number of anilines is 1. The van der Waals surface area contributed by atoms with Gasteiger partial charge in [-0.05, 0) is 61.5 Å². The molecule has 1 aliphatic heterocycles. The lowest BCUT2D eigenvalue weighted by molar-refractivity contribution is 0.0976. The van der Waals surface area contributed by atoms with Gasteiger partial charge in [0.1, 0.15) is 12.4 Å². The van der Waals surface area contributed by atoms with Gasteiger partial charge in [-0.1, -0.05) is 18.2 Å². The highest BCUT2D eigenvalue weighted by Gasteiger charge is 2.23. The SMILES string of the molecule is CCOCCOc1ccc(C(=O)NC(=S)N2CCc3ccccc32)cc1. The molecular weight excluding hydrogens is 348 g/mol. The van der Waals surface area contributed by atoms with Crippen molar-refractivity contribution in [2.24, 2.45) is 0 Å². The van der Waals surface area contributed by atoms with Crippen LogP contribution in [0.2, 0.25) is 0 Å². The molecular formula is C20H22N2O3S. The van der Waals surface area contributed by atoms with Gasteiger partial charge in [0.05, 0.1) is 6.61 Å². The average molecular weight is 370 g/mol. The Morgan fingerprint density at radius 3 is 2.69 bits per heavy atom. The third kappa shape index (κ3) is 4.39. The normalized spacial score (nSPS) is 12.6. The Morgan fingerprint density at radius 1 is 1.15 bits per heavy atom. The van der Waals surface area contributed by atoms with Crippen LogP contribution >= 0.6 is 12.2 Å². The summed E-state index contributed by atoms with van der Waals surface area (Å²) >= 11 is 5.43. The van der Waals surface area contributed by atoms with Crippen LogP contribution in [0.25, 0.3) is 0 Å². The van der Waals surface area contributed by atoms with Crippen molar-refractivity contribution in [2.45, 2.75) is 13.3 Å². The van der Waals surface area contributed by atoms with Gasteiger partial charge < -0.3 is 14.4 Å². The Bertz CT molecular complexity index is 777. The first-order chi connectivity index (χ1) is 12.7. The van der Waals surface area contributed by atoms with Crippen molar-refractivity contribution in [3.8, 4) is 5.75 Å². The van der Waals surface area contributed by atoms with Gasteiger partial charge >= 0.3 is 0 Å². The number of rotatable bonds is 6. The van der Waals surface area contributed by atoms with E-state index < -0.39 is 0 Å².